The van der Waals surface area contributed by atoms with E-state index in [1.165, 1.54) is 18.2 Å². The summed E-state index contributed by atoms with van der Waals surface area (Å²) >= 11 is 0. The van der Waals surface area contributed by atoms with Crippen LogP contribution in [0, 0.1) is 30.3 Å². The van der Waals surface area contributed by atoms with Gasteiger partial charge in [0.2, 0.25) is 5.70 Å². The molecule has 0 aliphatic carbocycles. The number of hydrogen-bond acceptors (Lipinski definition) is 7. The van der Waals surface area contributed by atoms with Crippen molar-refractivity contribution in [3.05, 3.63) is 65.7 Å². The average Bonchev–Trinajstić information content (AvgIpc) is 2.69. The number of nitro groups is 3. The minimum Gasteiger partial charge on any atom is -0.303 e. The minimum absolute atomic E-state index is 0.00187. The molecule has 0 aliphatic heterocycles. The molecule has 0 aromatic carbocycles. The largest absolute Gasteiger partial charge is 0.303 e. The van der Waals surface area contributed by atoms with Crippen molar-refractivity contribution in [2.75, 3.05) is 0 Å². The molecule has 10 nitrogen and oxygen atoms in total. The van der Waals surface area contributed by atoms with Crippen LogP contribution in [0.15, 0.2) is 35.3 Å². The first-order valence-electron chi connectivity index (χ1n) is 10.3. The number of rotatable bonds is 18. The molecule has 0 spiro atoms. The van der Waals surface area contributed by atoms with E-state index in [1.807, 2.05) is 6.92 Å². The van der Waals surface area contributed by atoms with E-state index < -0.39 is 21.2 Å². The van der Waals surface area contributed by atoms with Gasteiger partial charge in [-0.15, -0.1) is 0 Å². The molecule has 0 radical (unpaired) electrons. The highest BCUT2D eigenvalue weighted by Crippen LogP contribution is 2.17. The second kappa shape index (κ2) is 17.0. The third-order valence-corrected chi connectivity index (χ3v) is 4.47. The lowest BCUT2D eigenvalue weighted by Gasteiger charge is -2.00. The predicted octanol–water partition coefficient (Wildman–Crippen LogP) is 5.37. The van der Waals surface area contributed by atoms with Crippen molar-refractivity contribution < 1.29 is 19.6 Å². The van der Waals surface area contributed by atoms with Crippen molar-refractivity contribution >= 4 is 6.29 Å². The summed E-state index contributed by atoms with van der Waals surface area (Å²) in [6, 6.07) is 0. The summed E-state index contributed by atoms with van der Waals surface area (Å²) in [5.41, 5.74) is -0.606. The van der Waals surface area contributed by atoms with Gasteiger partial charge in [0.1, 0.15) is 12.7 Å². The maximum Gasteiger partial charge on any atom is 0.253 e. The highest BCUT2D eigenvalue weighted by atomic mass is 16.6. The predicted molar refractivity (Wildman–Crippen MR) is 112 cm³/mol. The molecule has 0 aromatic rings. The van der Waals surface area contributed by atoms with Gasteiger partial charge in [0, 0.05) is 12.8 Å². The Balaban J connectivity index is 4.96. The lowest BCUT2D eigenvalue weighted by atomic mass is 10.1. The van der Waals surface area contributed by atoms with E-state index in [2.05, 4.69) is 0 Å². The summed E-state index contributed by atoms with van der Waals surface area (Å²) in [5, 5.41) is 33.6. The number of hydrogen-bond donors (Lipinski definition) is 0. The van der Waals surface area contributed by atoms with Crippen molar-refractivity contribution in [2.45, 2.75) is 84.0 Å². The number of allylic oxidation sites excluding steroid dienone is 4. The van der Waals surface area contributed by atoms with Crippen molar-refractivity contribution in [1.82, 2.24) is 0 Å². The lowest BCUT2D eigenvalue weighted by Crippen LogP contribution is -2.06. The summed E-state index contributed by atoms with van der Waals surface area (Å²) in [7, 11) is 0. The van der Waals surface area contributed by atoms with E-state index in [-0.39, 0.29) is 29.9 Å². The molecule has 168 valence electrons. The third kappa shape index (κ3) is 13.3. The fraction of sp³-hybridized carbons (Fsp3) is 0.650. The highest BCUT2D eigenvalue weighted by molar-refractivity contribution is 5.48. The quantitative estimate of drug-likeness (QED) is 0.124. The van der Waals surface area contributed by atoms with Crippen LogP contribution >= 0.6 is 0 Å². The molecule has 0 saturated carbocycles. The van der Waals surface area contributed by atoms with E-state index in [1.54, 1.807) is 0 Å². The van der Waals surface area contributed by atoms with Gasteiger partial charge < -0.3 is 4.79 Å². The van der Waals surface area contributed by atoms with Crippen LogP contribution in [0.4, 0.5) is 0 Å². The number of carbonyl (C=O) groups is 1. The standard InChI is InChI=1S/C20H31N3O7/c1-2-3-8-12-18(21(25)26)14-11-15-20(23(29)30)17-19(22(27)28)13-9-6-4-5-7-10-16-24/h13-16H,2-12,17H2,1H3/b18-14+,19-13+,20-15+. The second-order valence-electron chi connectivity index (χ2n) is 6.89. The zero-order valence-corrected chi connectivity index (χ0v) is 17.5. The molecule has 0 atom stereocenters. The molecule has 0 bridgehead atoms. The van der Waals surface area contributed by atoms with Gasteiger partial charge in [-0.2, -0.15) is 0 Å². The Bertz CT molecular complexity index is 669. The van der Waals surface area contributed by atoms with Crippen LogP contribution in [-0.2, 0) is 4.79 Å². The van der Waals surface area contributed by atoms with Crippen molar-refractivity contribution in [3.63, 3.8) is 0 Å². The van der Waals surface area contributed by atoms with Gasteiger partial charge in [0.15, 0.2) is 0 Å². The maximum absolute atomic E-state index is 11.3. The monoisotopic (exact) mass is 425 g/mol. The first kappa shape index (κ1) is 27.1. The molecular formula is C20H31N3O7. The fourth-order valence-corrected chi connectivity index (χ4v) is 2.76. The van der Waals surface area contributed by atoms with E-state index in [0.717, 1.165) is 38.4 Å². The Morgan fingerprint density at radius 1 is 0.700 bits per heavy atom. The van der Waals surface area contributed by atoms with Gasteiger partial charge >= 0.3 is 0 Å². The van der Waals surface area contributed by atoms with Crippen molar-refractivity contribution in [2.24, 2.45) is 0 Å². The molecule has 0 aromatic heterocycles. The van der Waals surface area contributed by atoms with Gasteiger partial charge in [-0.05, 0) is 50.3 Å². The van der Waals surface area contributed by atoms with Crippen molar-refractivity contribution in [3.8, 4) is 0 Å². The summed E-state index contributed by atoms with van der Waals surface area (Å²) in [4.78, 5) is 42.0. The van der Waals surface area contributed by atoms with Crippen LogP contribution in [0.25, 0.3) is 0 Å². The van der Waals surface area contributed by atoms with Crippen molar-refractivity contribution in [1.29, 1.82) is 0 Å². The minimum atomic E-state index is -0.687. The van der Waals surface area contributed by atoms with Gasteiger partial charge in [-0.1, -0.05) is 32.6 Å². The summed E-state index contributed by atoms with van der Waals surface area (Å²) in [6.45, 7) is 1.98. The fourth-order valence-electron chi connectivity index (χ4n) is 2.76. The molecule has 0 unspecified atom stereocenters. The van der Waals surface area contributed by atoms with Gasteiger partial charge in [-0.3, -0.25) is 30.3 Å². The van der Waals surface area contributed by atoms with Crippen LogP contribution in [0.1, 0.15) is 84.0 Å². The Labute approximate surface area is 176 Å². The number of carbonyl (C=O) groups excluding carboxylic acids is 1. The first-order valence-corrected chi connectivity index (χ1v) is 10.3. The Morgan fingerprint density at radius 2 is 1.23 bits per heavy atom. The summed E-state index contributed by atoms with van der Waals surface area (Å²) in [6.07, 6.45) is 11.1. The zero-order chi connectivity index (χ0) is 22.8. The smallest absolute Gasteiger partial charge is 0.253 e. The number of nitrogens with zero attached hydrogens (tertiary/aromatic N) is 3. The zero-order valence-electron chi connectivity index (χ0n) is 17.5. The van der Waals surface area contributed by atoms with E-state index in [9.17, 15) is 35.1 Å². The topological polar surface area (TPSA) is 146 Å². The molecule has 0 aliphatic rings. The van der Waals surface area contributed by atoms with Crippen LogP contribution in [-0.4, -0.2) is 21.1 Å². The summed E-state index contributed by atoms with van der Waals surface area (Å²) in [5.74, 6) is 0. The number of unbranched alkanes of at least 4 members (excludes halogenated alkanes) is 7. The van der Waals surface area contributed by atoms with Crippen LogP contribution in [0.2, 0.25) is 0 Å². The Morgan fingerprint density at radius 3 is 1.77 bits per heavy atom. The highest BCUT2D eigenvalue weighted by Gasteiger charge is 2.21. The summed E-state index contributed by atoms with van der Waals surface area (Å²) < 4.78 is 0. The molecule has 0 amide bonds. The van der Waals surface area contributed by atoms with E-state index in [0.29, 0.717) is 25.7 Å². The molecule has 30 heavy (non-hydrogen) atoms. The Hall–Kier alpha value is -2.91. The first-order chi connectivity index (χ1) is 14.3. The lowest BCUT2D eigenvalue weighted by molar-refractivity contribution is -0.450. The van der Waals surface area contributed by atoms with Gasteiger partial charge in [-0.25, -0.2) is 0 Å². The molecule has 10 heteroatoms. The molecule has 0 N–H and O–H groups in total. The average molecular weight is 425 g/mol. The van der Waals surface area contributed by atoms with E-state index in [4.69, 9.17) is 0 Å². The Kier molecular flexibility index (Phi) is 15.3. The second-order valence-corrected chi connectivity index (χ2v) is 6.89. The molecule has 0 saturated heterocycles. The molecular weight excluding hydrogens is 394 g/mol. The van der Waals surface area contributed by atoms with Crippen LogP contribution in [0.3, 0.4) is 0 Å². The maximum atomic E-state index is 11.3. The number of aldehydes is 1. The molecule has 0 fully saturated rings. The SMILES string of the molecule is CCCCC/C(=C\C/C=C(\C/C(=C\CCCCCCC=O)[N+](=O)[O-])[N+](=O)[O-])[N+](=O)[O-]. The van der Waals surface area contributed by atoms with Crippen LogP contribution < -0.4 is 0 Å². The van der Waals surface area contributed by atoms with E-state index >= 15 is 0 Å². The third-order valence-electron chi connectivity index (χ3n) is 4.47. The van der Waals surface area contributed by atoms with Crippen LogP contribution in [0.5, 0.6) is 0 Å². The molecule has 0 heterocycles. The molecule has 0 rings (SSSR count). The normalized spacial score (nSPS) is 12.6. The van der Waals surface area contributed by atoms with Gasteiger partial charge in [0.25, 0.3) is 11.4 Å². The van der Waals surface area contributed by atoms with Gasteiger partial charge in [0.05, 0.1) is 14.8 Å².